The fourth-order valence-electron chi connectivity index (χ4n) is 2.01. The third-order valence-corrected chi connectivity index (χ3v) is 3.00. The van der Waals surface area contributed by atoms with Crippen LogP contribution in [0.2, 0.25) is 0 Å². The summed E-state index contributed by atoms with van der Waals surface area (Å²) in [5, 5.41) is 3.28. The van der Waals surface area contributed by atoms with Crippen LogP contribution in [-0.2, 0) is 0 Å². The van der Waals surface area contributed by atoms with Crippen LogP contribution in [0.15, 0.2) is 18.2 Å². The summed E-state index contributed by atoms with van der Waals surface area (Å²) < 4.78 is 41.7. The van der Waals surface area contributed by atoms with Gasteiger partial charge >= 0.3 is 6.18 Å². The second kappa shape index (κ2) is 7.53. The fourth-order valence-corrected chi connectivity index (χ4v) is 2.01. The van der Waals surface area contributed by atoms with E-state index in [-0.39, 0.29) is 19.1 Å². The molecule has 1 rings (SSSR count). The number of hydrogen-bond donors (Lipinski definition) is 1. The zero-order valence-corrected chi connectivity index (χ0v) is 12.2. The topological polar surface area (TPSA) is 21.3 Å². The Bertz CT molecular complexity index is 418. The van der Waals surface area contributed by atoms with Gasteiger partial charge in [0, 0.05) is 18.0 Å². The molecule has 0 aliphatic rings. The quantitative estimate of drug-likeness (QED) is 0.752. The van der Waals surface area contributed by atoms with E-state index >= 15 is 0 Å². The number of ether oxygens (including phenoxy) is 1. The Hall–Kier alpha value is -1.23. The Morgan fingerprint density at radius 1 is 1.30 bits per heavy atom. The Morgan fingerprint density at radius 2 is 2.00 bits per heavy atom. The van der Waals surface area contributed by atoms with Gasteiger partial charge in [0.25, 0.3) is 0 Å². The summed E-state index contributed by atoms with van der Waals surface area (Å²) in [6.45, 7) is 6.91. The number of halogens is 3. The van der Waals surface area contributed by atoms with E-state index in [0.29, 0.717) is 5.75 Å². The van der Waals surface area contributed by atoms with Crippen LogP contribution in [0, 0.1) is 6.92 Å². The lowest BCUT2D eigenvalue weighted by Gasteiger charge is -2.18. The number of aryl methyl sites for hydroxylation is 1. The van der Waals surface area contributed by atoms with E-state index in [0.717, 1.165) is 17.7 Å². The standard InChI is InChI=1S/C15H22F3NO/c1-4-19-12(3)13-10-11(2)6-7-14(13)20-9-5-8-15(16,17)18/h6-7,10,12,19H,4-5,8-9H2,1-3H3. The van der Waals surface area contributed by atoms with Crippen molar-refractivity contribution in [1.29, 1.82) is 0 Å². The Labute approximate surface area is 118 Å². The van der Waals surface area contributed by atoms with Crippen molar-refractivity contribution in [1.82, 2.24) is 5.32 Å². The van der Waals surface area contributed by atoms with Gasteiger partial charge in [0.1, 0.15) is 5.75 Å². The molecule has 5 heteroatoms. The van der Waals surface area contributed by atoms with E-state index in [1.54, 1.807) is 0 Å². The summed E-state index contributed by atoms with van der Waals surface area (Å²) in [6.07, 6.45) is -4.94. The van der Waals surface area contributed by atoms with Gasteiger partial charge in [0.15, 0.2) is 0 Å². The predicted octanol–water partition coefficient (Wildman–Crippen LogP) is 4.39. The summed E-state index contributed by atoms with van der Waals surface area (Å²) in [6, 6.07) is 5.84. The monoisotopic (exact) mass is 289 g/mol. The molecule has 0 fully saturated rings. The number of benzene rings is 1. The SMILES string of the molecule is CCNC(C)c1cc(C)ccc1OCCCC(F)(F)F. The van der Waals surface area contributed by atoms with Crippen LogP contribution in [0.5, 0.6) is 5.75 Å². The van der Waals surface area contributed by atoms with E-state index < -0.39 is 12.6 Å². The molecule has 2 nitrogen and oxygen atoms in total. The van der Waals surface area contributed by atoms with Gasteiger partial charge in [-0.05, 0) is 32.9 Å². The molecule has 0 aliphatic heterocycles. The van der Waals surface area contributed by atoms with Gasteiger partial charge in [-0.25, -0.2) is 0 Å². The molecule has 0 aromatic heterocycles. The molecule has 20 heavy (non-hydrogen) atoms. The molecule has 0 amide bonds. The van der Waals surface area contributed by atoms with Crippen LogP contribution in [0.25, 0.3) is 0 Å². The lowest BCUT2D eigenvalue weighted by atomic mass is 10.0. The zero-order chi connectivity index (χ0) is 15.2. The minimum atomic E-state index is -4.11. The summed E-state index contributed by atoms with van der Waals surface area (Å²) in [4.78, 5) is 0. The number of alkyl halides is 3. The first kappa shape index (κ1) is 16.8. The van der Waals surface area contributed by atoms with Crippen molar-refractivity contribution in [2.75, 3.05) is 13.2 Å². The molecule has 0 bridgehead atoms. The highest BCUT2D eigenvalue weighted by molar-refractivity contribution is 5.38. The molecular formula is C15H22F3NO. The number of rotatable bonds is 7. The normalized spacial score (nSPS) is 13.3. The summed E-state index contributed by atoms with van der Waals surface area (Å²) in [5.74, 6) is 0.659. The van der Waals surface area contributed by atoms with Gasteiger partial charge in [-0.2, -0.15) is 13.2 Å². The smallest absolute Gasteiger partial charge is 0.389 e. The van der Waals surface area contributed by atoms with Crippen LogP contribution >= 0.6 is 0 Å². The maximum absolute atomic E-state index is 12.1. The molecule has 0 saturated carbocycles. The molecule has 1 N–H and O–H groups in total. The van der Waals surface area contributed by atoms with Crippen molar-refractivity contribution in [3.05, 3.63) is 29.3 Å². The van der Waals surface area contributed by atoms with Gasteiger partial charge < -0.3 is 10.1 Å². The second-order valence-electron chi connectivity index (χ2n) is 4.89. The number of nitrogens with one attached hydrogen (secondary N) is 1. The first-order valence-corrected chi connectivity index (χ1v) is 6.87. The molecule has 0 saturated heterocycles. The van der Waals surface area contributed by atoms with E-state index in [1.807, 2.05) is 39.0 Å². The van der Waals surface area contributed by atoms with Crippen molar-refractivity contribution in [3.63, 3.8) is 0 Å². The first-order valence-electron chi connectivity index (χ1n) is 6.87. The first-order chi connectivity index (χ1) is 9.33. The van der Waals surface area contributed by atoms with Crippen molar-refractivity contribution >= 4 is 0 Å². The van der Waals surface area contributed by atoms with Crippen LogP contribution in [0.1, 0.15) is 43.9 Å². The largest absolute Gasteiger partial charge is 0.493 e. The highest BCUT2D eigenvalue weighted by Gasteiger charge is 2.26. The molecule has 1 unspecified atom stereocenters. The summed E-state index contributed by atoms with van der Waals surface area (Å²) in [5.41, 5.74) is 2.09. The van der Waals surface area contributed by atoms with E-state index in [9.17, 15) is 13.2 Å². The minimum absolute atomic E-state index is 0.0214. The summed E-state index contributed by atoms with van der Waals surface area (Å²) >= 11 is 0. The number of hydrogen-bond acceptors (Lipinski definition) is 2. The van der Waals surface area contributed by atoms with Crippen molar-refractivity contribution in [2.24, 2.45) is 0 Å². The van der Waals surface area contributed by atoms with Gasteiger partial charge in [0.2, 0.25) is 0 Å². The minimum Gasteiger partial charge on any atom is -0.493 e. The molecule has 0 radical (unpaired) electrons. The van der Waals surface area contributed by atoms with Crippen LogP contribution in [-0.4, -0.2) is 19.3 Å². The molecule has 0 aliphatic carbocycles. The molecule has 0 spiro atoms. The molecular weight excluding hydrogens is 267 g/mol. The van der Waals surface area contributed by atoms with Crippen LogP contribution in [0.3, 0.4) is 0 Å². The molecule has 1 aromatic carbocycles. The average Bonchev–Trinajstić information content (AvgIpc) is 2.35. The maximum Gasteiger partial charge on any atom is 0.389 e. The molecule has 1 atom stereocenters. The predicted molar refractivity (Wildman–Crippen MR) is 74.1 cm³/mol. The van der Waals surface area contributed by atoms with Crippen molar-refractivity contribution in [3.8, 4) is 5.75 Å². The third kappa shape index (κ3) is 5.82. The average molecular weight is 289 g/mol. The van der Waals surface area contributed by atoms with Crippen molar-refractivity contribution < 1.29 is 17.9 Å². The van der Waals surface area contributed by atoms with Crippen molar-refractivity contribution in [2.45, 2.75) is 45.8 Å². The van der Waals surface area contributed by atoms with Gasteiger partial charge in [-0.1, -0.05) is 24.6 Å². The van der Waals surface area contributed by atoms with Crippen LogP contribution in [0.4, 0.5) is 13.2 Å². The Balaban J connectivity index is 2.64. The van der Waals surface area contributed by atoms with E-state index in [2.05, 4.69) is 5.32 Å². The fraction of sp³-hybridized carbons (Fsp3) is 0.600. The van der Waals surface area contributed by atoms with Crippen LogP contribution < -0.4 is 10.1 Å². The highest BCUT2D eigenvalue weighted by Crippen LogP contribution is 2.27. The summed E-state index contributed by atoms with van der Waals surface area (Å²) in [7, 11) is 0. The zero-order valence-electron chi connectivity index (χ0n) is 12.2. The Kier molecular flexibility index (Phi) is 6.33. The second-order valence-corrected chi connectivity index (χ2v) is 4.89. The van der Waals surface area contributed by atoms with E-state index in [1.165, 1.54) is 0 Å². The van der Waals surface area contributed by atoms with Gasteiger partial charge in [-0.15, -0.1) is 0 Å². The molecule has 114 valence electrons. The lowest BCUT2D eigenvalue weighted by Crippen LogP contribution is -2.19. The molecule has 1 aromatic rings. The molecule has 0 heterocycles. The highest BCUT2D eigenvalue weighted by atomic mass is 19.4. The van der Waals surface area contributed by atoms with E-state index in [4.69, 9.17) is 4.74 Å². The lowest BCUT2D eigenvalue weighted by molar-refractivity contribution is -0.136. The van der Waals surface area contributed by atoms with Gasteiger partial charge in [-0.3, -0.25) is 0 Å². The van der Waals surface area contributed by atoms with Gasteiger partial charge in [0.05, 0.1) is 6.61 Å². The maximum atomic E-state index is 12.1. The third-order valence-electron chi connectivity index (χ3n) is 3.00. The Morgan fingerprint density at radius 3 is 2.60 bits per heavy atom.